The van der Waals surface area contributed by atoms with Crippen molar-refractivity contribution in [3.63, 3.8) is 0 Å². The molecule has 0 unspecified atom stereocenters. The second kappa shape index (κ2) is 6.97. The second-order valence-electron chi connectivity index (χ2n) is 4.50. The van der Waals surface area contributed by atoms with E-state index in [0.29, 0.717) is 17.2 Å². The van der Waals surface area contributed by atoms with E-state index < -0.39 is 10.0 Å². The van der Waals surface area contributed by atoms with Crippen molar-refractivity contribution in [3.05, 3.63) is 22.5 Å². The van der Waals surface area contributed by atoms with Crippen LogP contribution in [0.25, 0.3) is 10.6 Å². The smallest absolute Gasteiger partial charge is 0.252 e. The lowest BCUT2D eigenvalue weighted by molar-refractivity contribution is 0.254. The number of aromatic nitrogens is 1. The summed E-state index contributed by atoms with van der Waals surface area (Å²) in [6, 6.07) is 3.40. The molecule has 2 aromatic rings. The van der Waals surface area contributed by atoms with E-state index in [1.54, 1.807) is 23.5 Å². The lowest BCUT2D eigenvalue weighted by Crippen LogP contribution is -2.33. The van der Waals surface area contributed by atoms with E-state index >= 15 is 0 Å². The maximum Gasteiger partial charge on any atom is 0.252 e. The van der Waals surface area contributed by atoms with E-state index in [1.165, 1.54) is 15.6 Å². The van der Waals surface area contributed by atoms with Crippen LogP contribution in [0.4, 0.5) is 0 Å². The molecule has 116 valence electrons. The zero-order valence-corrected chi connectivity index (χ0v) is 14.4. The zero-order valence-electron chi connectivity index (χ0n) is 11.9. The Morgan fingerprint density at radius 3 is 2.67 bits per heavy atom. The molecule has 0 saturated carbocycles. The van der Waals surface area contributed by atoms with Crippen LogP contribution in [0.1, 0.15) is 18.4 Å². The van der Waals surface area contributed by atoms with Gasteiger partial charge in [-0.1, -0.05) is 6.92 Å². The van der Waals surface area contributed by atoms with Crippen LogP contribution in [0.5, 0.6) is 0 Å². The van der Waals surface area contributed by atoms with Gasteiger partial charge < -0.3 is 5.11 Å². The molecule has 0 atom stereocenters. The van der Waals surface area contributed by atoms with Crippen LogP contribution in [0, 0.1) is 6.92 Å². The van der Waals surface area contributed by atoms with Gasteiger partial charge in [0, 0.05) is 18.5 Å². The normalized spacial score (nSPS) is 12.2. The van der Waals surface area contributed by atoms with Crippen LogP contribution in [-0.4, -0.2) is 42.5 Å². The summed E-state index contributed by atoms with van der Waals surface area (Å²) in [4.78, 5) is 5.22. The summed E-state index contributed by atoms with van der Waals surface area (Å²) in [6.45, 7) is 4.19. The molecule has 21 heavy (non-hydrogen) atoms. The van der Waals surface area contributed by atoms with Crippen molar-refractivity contribution in [3.8, 4) is 10.6 Å². The van der Waals surface area contributed by atoms with Gasteiger partial charge in [0.2, 0.25) is 0 Å². The monoisotopic (exact) mass is 346 g/mol. The first-order chi connectivity index (χ1) is 9.98. The van der Waals surface area contributed by atoms with Gasteiger partial charge in [0.05, 0.1) is 22.2 Å². The van der Waals surface area contributed by atoms with Gasteiger partial charge in [-0.2, -0.15) is 4.31 Å². The van der Waals surface area contributed by atoms with Crippen molar-refractivity contribution < 1.29 is 13.5 Å². The van der Waals surface area contributed by atoms with Crippen molar-refractivity contribution >= 4 is 32.7 Å². The van der Waals surface area contributed by atoms with Crippen LogP contribution in [0.2, 0.25) is 0 Å². The van der Waals surface area contributed by atoms with E-state index in [4.69, 9.17) is 5.11 Å². The van der Waals surface area contributed by atoms with Crippen molar-refractivity contribution in [1.82, 2.24) is 9.29 Å². The molecule has 2 aromatic heterocycles. The highest BCUT2D eigenvalue weighted by molar-refractivity contribution is 7.91. The summed E-state index contributed by atoms with van der Waals surface area (Å²) in [5.41, 5.74) is 0.813. The van der Waals surface area contributed by atoms with E-state index in [1.807, 2.05) is 19.2 Å². The highest BCUT2D eigenvalue weighted by Crippen LogP contribution is 2.32. The number of aliphatic hydroxyl groups excluding tert-OH is 1. The Hall–Kier alpha value is -0.800. The molecule has 2 rings (SSSR count). The number of sulfonamides is 1. The molecular weight excluding hydrogens is 328 g/mol. The number of thiophene rings is 1. The van der Waals surface area contributed by atoms with E-state index in [-0.39, 0.29) is 13.2 Å². The van der Waals surface area contributed by atoms with Gasteiger partial charge in [0.1, 0.15) is 4.21 Å². The molecule has 0 aromatic carbocycles. The van der Waals surface area contributed by atoms with Crippen molar-refractivity contribution in [2.45, 2.75) is 24.5 Å². The quantitative estimate of drug-likeness (QED) is 0.836. The summed E-state index contributed by atoms with van der Waals surface area (Å²) < 4.78 is 26.8. The van der Waals surface area contributed by atoms with Gasteiger partial charge >= 0.3 is 0 Å². The Bertz CT molecular complexity index is 685. The first-order valence-corrected chi connectivity index (χ1v) is 9.76. The molecular formula is C13H18N2O3S3. The summed E-state index contributed by atoms with van der Waals surface area (Å²) >= 11 is 2.76. The molecule has 8 heteroatoms. The number of hydrogen-bond donors (Lipinski definition) is 1. The van der Waals surface area contributed by atoms with Gasteiger partial charge in [-0.05, 0) is 25.5 Å². The molecule has 1 N–H and O–H groups in total. The van der Waals surface area contributed by atoms with Gasteiger partial charge in [0.15, 0.2) is 0 Å². The minimum atomic E-state index is -3.54. The van der Waals surface area contributed by atoms with Gasteiger partial charge in [-0.25, -0.2) is 13.4 Å². The number of rotatable bonds is 7. The lowest BCUT2D eigenvalue weighted by atomic mass is 10.4. The molecule has 0 bridgehead atoms. The Morgan fingerprint density at radius 1 is 1.33 bits per heavy atom. The van der Waals surface area contributed by atoms with Crippen LogP contribution in [-0.2, 0) is 10.0 Å². The fraction of sp³-hybridized carbons (Fsp3) is 0.462. The summed E-state index contributed by atoms with van der Waals surface area (Å²) in [7, 11) is -3.54. The maximum atomic E-state index is 12.6. The summed E-state index contributed by atoms with van der Waals surface area (Å²) in [6.07, 6.45) is 0.711. The number of aryl methyl sites for hydroxylation is 1. The van der Waals surface area contributed by atoms with E-state index in [2.05, 4.69) is 4.98 Å². The van der Waals surface area contributed by atoms with Crippen molar-refractivity contribution in [2.24, 2.45) is 0 Å². The molecule has 0 aliphatic carbocycles. The van der Waals surface area contributed by atoms with E-state index in [9.17, 15) is 8.42 Å². The summed E-state index contributed by atoms with van der Waals surface area (Å²) in [5, 5.41) is 11.9. The fourth-order valence-electron chi connectivity index (χ4n) is 1.91. The first-order valence-electron chi connectivity index (χ1n) is 6.62. The Balaban J connectivity index is 2.30. The average molecular weight is 346 g/mol. The third-order valence-corrected chi connectivity index (χ3v) is 7.12. The van der Waals surface area contributed by atoms with Crippen molar-refractivity contribution in [1.29, 1.82) is 0 Å². The van der Waals surface area contributed by atoms with Gasteiger partial charge in [-0.15, -0.1) is 22.7 Å². The highest BCUT2D eigenvalue weighted by Gasteiger charge is 2.25. The van der Waals surface area contributed by atoms with Gasteiger partial charge in [0.25, 0.3) is 10.0 Å². The molecule has 0 radical (unpaired) electrons. The number of nitrogens with zero attached hydrogens (tertiary/aromatic N) is 2. The molecule has 0 fully saturated rings. The van der Waals surface area contributed by atoms with Crippen LogP contribution in [0.3, 0.4) is 0 Å². The first kappa shape index (κ1) is 16.6. The highest BCUT2D eigenvalue weighted by atomic mass is 32.2. The number of aliphatic hydroxyl groups is 1. The second-order valence-corrected chi connectivity index (χ2v) is 8.81. The maximum absolute atomic E-state index is 12.6. The lowest BCUT2D eigenvalue weighted by Gasteiger charge is -2.19. The molecule has 0 aliphatic rings. The SMILES string of the molecule is CCCN(CCO)S(=O)(=O)c1ccc(-c2csc(C)n2)s1. The molecule has 0 amide bonds. The predicted molar refractivity (Wildman–Crippen MR) is 86.3 cm³/mol. The molecule has 5 nitrogen and oxygen atoms in total. The molecule has 0 saturated heterocycles. The molecule has 2 heterocycles. The number of thiazole rings is 1. The summed E-state index contributed by atoms with van der Waals surface area (Å²) in [5.74, 6) is 0. The van der Waals surface area contributed by atoms with Crippen LogP contribution < -0.4 is 0 Å². The Labute approximate surface area is 132 Å². The minimum Gasteiger partial charge on any atom is -0.395 e. The van der Waals surface area contributed by atoms with Gasteiger partial charge in [-0.3, -0.25) is 0 Å². The minimum absolute atomic E-state index is 0.124. The molecule has 0 spiro atoms. The topological polar surface area (TPSA) is 70.5 Å². The zero-order chi connectivity index (χ0) is 15.5. The predicted octanol–water partition coefficient (Wildman–Crippen LogP) is 2.57. The fourth-order valence-corrected chi connectivity index (χ4v) is 5.55. The number of hydrogen-bond acceptors (Lipinski definition) is 6. The third kappa shape index (κ3) is 3.70. The van der Waals surface area contributed by atoms with Crippen LogP contribution >= 0.6 is 22.7 Å². The van der Waals surface area contributed by atoms with Crippen molar-refractivity contribution in [2.75, 3.05) is 19.7 Å². The van der Waals surface area contributed by atoms with E-state index in [0.717, 1.165) is 15.6 Å². The average Bonchev–Trinajstić information content (AvgIpc) is 3.07. The van der Waals surface area contributed by atoms with Crippen LogP contribution in [0.15, 0.2) is 21.7 Å². The largest absolute Gasteiger partial charge is 0.395 e. The third-order valence-electron chi connectivity index (χ3n) is 2.87. The Kier molecular flexibility index (Phi) is 5.50. The molecule has 0 aliphatic heterocycles. The standard InChI is InChI=1S/C13H18N2O3S3/c1-3-6-15(7-8-16)21(17,18)13-5-4-12(20-13)11-9-19-10(2)14-11/h4-5,9,16H,3,6-8H2,1-2H3. The Morgan fingerprint density at radius 2 is 2.10 bits per heavy atom.